The molecule has 1 saturated heterocycles. The van der Waals surface area contributed by atoms with Gasteiger partial charge < -0.3 is 14.4 Å². The van der Waals surface area contributed by atoms with Crippen LogP contribution in [0.25, 0.3) is 11.1 Å². The summed E-state index contributed by atoms with van der Waals surface area (Å²) in [5.41, 5.74) is 3.89. The summed E-state index contributed by atoms with van der Waals surface area (Å²) in [7, 11) is 3.36. The van der Waals surface area contributed by atoms with E-state index >= 15 is 0 Å². The molecule has 9 heteroatoms. The standard InChI is InChI=1S/C25H31N5O3S/c1-18-9-11-30(28-18)17-23(31)29-10-5-7-20(16-29)24-22(19-6-4-8-21(14-19)33-3)15-26-25(27-24)34-13-12-32-2/h4,6,8-9,11,14-15,20H,5,7,10,12-13,16-17H2,1-3H3/t20-/m1/s1. The van der Waals surface area contributed by atoms with Gasteiger partial charge in [0.15, 0.2) is 5.16 Å². The third-order valence-corrected chi connectivity index (χ3v) is 6.75. The van der Waals surface area contributed by atoms with Crippen molar-refractivity contribution in [3.63, 3.8) is 0 Å². The van der Waals surface area contributed by atoms with Crippen molar-refractivity contribution >= 4 is 17.7 Å². The predicted octanol–water partition coefficient (Wildman–Crippen LogP) is 3.80. The van der Waals surface area contributed by atoms with Crippen molar-refractivity contribution in [2.75, 3.05) is 39.7 Å². The largest absolute Gasteiger partial charge is 0.497 e. The van der Waals surface area contributed by atoms with E-state index in [0.29, 0.717) is 13.2 Å². The molecule has 1 atom stereocenters. The van der Waals surface area contributed by atoms with Crippen LogP contribution in [0, 0.1) is 6.92 Å². The molecule has 1 aromatic carbocycles. The van der Waals surface area contributed by atoms with Gasteiger partial charge in [0.1, 0.15) is 12.3 Å². The second-order valence-corrected chi connectivity index (χ2v) is 9.42. The van der Waals surface area contributed by atoms with Gasteiger partial charge >= 0.3 is 0 Å². The highest BCUT2D eigenvalue weighted by Gasteiger charge is 2.28. The van der Waals surface area contributed by atoms with Crippen molar-refractivity contribution in [3.8, 4) is 16.9 Å². The molecule has 2 aromatic heterocycles. The van der Waals surface area contributed by atoms with Gasteiger partial charge in [-0.05, 0) is 43.5 Å². The lowest BCUT2D eigenvalue weighted by atomic mass is 9.90. The van der Waals surface area contributed by atoms with Crippen LogP contribution in [0.1, 0.15) is 30.1 Å². The molecule has 4 rings (SSSR count). The maximum Gasteiger partial charge on any atom is 0.244 e. The molecular formula is C25H31N5O3S. The number of likely N-dealkylation sites (tertiary alicyclic amines) is 1. The third-order valence-electron chi connectivity index (χ3n) is 5.93. The molecule has 3 aromatic rings. The average molecular weight is 482 g/mol. The Kier molecular flexibility index (Phi) is 8.18. The molecule has 0 bridgehead atoms. The molecule has 0 spiro atoms. The Morgan fingerprint density at radius 1 is 1.26 bits per heavy atom. The number of aromatic nitrogens is 4. The van der Waals surface area contributed by atoms with E-state index in [-0.39, 0.29) is 18.4 Å². The summed E-state index contributed by atoms with van der Waals surface area (Å²) in [6, 6.07) is 9.87. The van der Waals surface area contributed by atoms with Crippen molar-refractivity contribution in [2.24, 2.45) is 0 Å². The van der Waals surface area contributed by atoms with Gasteiger partial charge in [0.25, 0.3) is 0 Å². The predicted molar refractivity (Wildman–Crippen MR) is 132 cm³/mol. The molecular weight excluding hydrogens is 450 g/mol. The average Bonchev–Trinajstić information content (AvgIpc) is 3.28. The minimum atomic E-state index is 0.0829. The van der Waals surface area contributed by atoms with E-state index in [1.165, 1.54) is 0 Å². The quantitative estimate of drug-likeness (QED) is 0.261. The number of hydrogen-bond acceptors (Lipinski definition) is 7. The fourth-order valence-electron chi connectivity index (χ4n) is 4.20. The van der Waals surface area contributed by atoms with Crippen molar-refractivity contribution < 1.29 is 14.3 Å². The monoisotopic (exact) mass is 481 g/mol. The number of piperidine rings is 1. The summed E-state index contributed by atoms with van der Waals surface area (Å²) in [6.45, 7) is 4.21. The molecule has 1 aliphatic heterocycles. The first-order valence-corrected chi connectivity index (χ1v) is 12.5. The summed E-state index contributed by atoms with van der Waals surface area (Å²) in [4.78, 5) is 24.6. The molecule has 1 fully saturated rings. The van der Waals surface area contributed by atoms with Crippen LogP contribution in [0.3, 0.4) is 0 Å². The smallest absolute Gasteiger partial charge is 0.244 e. The lowest BCUT2D eigenvalue weighted by Crippen LogP contribution is -2.41. The number of carbonyl (C=O) groups excluding carboxylic acids is 1. The zero-order valence-electron chi connectivity index (χ0n) is 19.9. The molecule has 0 unspecified atom stereocenters. The van der Waals surface area contributed by atoms with Gasteiger partial charge in [-0.1, -0.05) is 23.9 Å². The fraction of sp³-hybridized carbons (Fsp3) is 0.440. The molecule has 0 aliphatic carbocycles. The zero-order chi connectivity index (χ0) is 23.9. The molecule has 34 heavy (non-hydrogen) atoms. The fourth-order valence-corrected chi connectivity index (χ4v) is 4.93. The maximum atomic E-state index is 13.0. The second-order valence-electron chi connectivity index (χ2n) is 8.36. The van der Waals surface area contributed by atoms with Gasteiger partial charge in [-0.2, -0.15) is 5.10 Å². The van der Waals surface area contributed by atoms with Gasteiger partial charge in [0.2, 0.25) is 5.91 Å². The number of nitrogens with zero attached hydrogens (tertiary/aromatic N) is 5. The number of methoxy groups -OCH3 is 2. The van der Waals surface area contributed by atoms with Gasteiger partial charge in [-0.3, -0.25) is 9.48 Å². The molecule has 0 N–H and O–H groups in total. The number of aryl methyl sites for hydroxylation is 1. The van der Waals surface area contributed by atoms with Crippen LogP contribution < -0.4 is 4.74 Å². The Morgan fingerprint density at radius 2 is 2.15 bits per heavy atom. The minimum absolute atomic E-state index is 0.0829. The number of ether oxygens (including phenoxy) is 2. The van der Waals surface area contributed by atoms with Gasteiger partial charge in [0, 0.05) is 49.8 Å². The van der Waals surface area contributed by atoms with Gasteiger partial charge in [-0.15, -0.1) is 0 Å². The van der Waals surface area contributed by atoms with E-state index in [1.54, 1.807) is 30.7 Å². The number of benzene rings is 1. The summed E-state index contributed by atoms with van der Waals surface area (Å²) in [5.74, 6) is 1.78. The maximum absolute atomic E-state index is 13.0. The third kappa shape index (κ3) is 5.95. The van der Waals surface area contributed by atoms with E-state index in [9.17, 15) is 4.79 Å². The molecule has 8 nitrogen and oxygen atoms in total. The Morgan fingerprint density at radius 3 is 2.91 bits per heavy atom. The van der Waals surface area contributed by atoms with E-state index in [2.05, 4.69) is 10.1 Å². The number of amides is 1. The topological polar surface area (TPSA) is 82.4 Å². The van der Waals surface area contributed by atoms with Crippen LogP contribution in [-0.2, 0) is 16.1 Å². The highest BCUT2D eigenvalue weighted by atomic mass is 32.2. The van der Waals surface area contributed by atoms with Crippen LogP contribution in [0.5, 0.6) is 5.75 Å². The zero-order valence-corrected chi connectivity index (χ0v) is 20.8. The minimum Gasteiger partial charge on any atom is -0.497 e. The van der Waals surface area contributed by atoms with Crippen LogP contribution >= 0.6 is 11.8 Å². The molecule has 1 aliphatic rings. The Balaban J connectivity index is 1.60. The number of rotatable bonds is 9. The van der Waals surface area contributed by atoms with Crippen LogP contribution in [0.15, 0.2) is 47.9 Å². The van der Waals surface area contributed by atoms with Crippen molar-refractivity contribution in [1.82, 2.24) is 24.6 Å². The first-order valence-electron chi connectivity index (χ1n) is 11.5. The second kappa shape index (κ2) is 11.5. The van der Waals surface area contributed by atoms with Crippen molar-refractivity contribution in [1.29, 1.82) is 0 Å². The summed E-state index contributed by atoms with van der Waals surface area (Å²) < 4.78 is 12.3. The lowest BCUT2D eigenvalue weighted by Gasteiger charge is -2.33. The van der Waals surface area contributed by atoms with E-state index < -0.39 is 0 Å². The number of thioether (sulfide) groups is 1. The van der Waals surface area contributed by atoms with E-state index in [0.717, 1.165) is 58.6 Å². The van der Waals surface area contributed by atoms with Crippen LogP contribution in [0.4, 0.5) is 0 Å². The normalized spacial score (nSPS) is 16.0. The van der Waals surface area contributed by atoms with E-state index in [1.807, 2.05) is 54.5 Å². The molecule has 3 heterocycles. The molecule has 0 saturated carbocycles. The molecule has 0 radical (unpaired) electrons. The number of carbonyl (C=O) groups is 1. The summed E-state index contributed by atoms with van der Waals surface area (Å²) in [6.07, 6.45) is 5.66. The summed E-state index contributed by atoms with van der Waals surface area (Å²) >= 11 is 1.58. The Hall–Kier alpha value is -2.91. The van der Waals surface area contributed by atoms with Crippen LogP contribution in [0.2, 0.25) is 0 Å². The van der Waals surface area contributed by atoms with Gasteiger partial charge in [0.05, 0.1) is 25.1 Å². The van der Waals surface area contributed by atoms with E-state index in [4.69, 9.17) is 14.5 Å². The first-order chi connectivity index (χ1) is 16.6. The highest BCUT2D eigenvalue weighted by molar-refractivity contribution is 7.99. The summed E-state index contributed by atoms with van der Waals surface area (Å²) in [5, 5.41) is 5.09. The van der Waals surface area contributed by atoms with Gasteiger partial charge in [-0.25, -0.2) is 9.97 Å². The first kappa shape index (κ1) is 24.2. The van der Waals surface area contributed by atoms with Crippen molar-refractivity contribution in [3.05, 3.63) is 54.1 Å². The van der Waals surface area contributed by atoms with Crippen LogP contribution in [-0.4, -0.2) is 70.2 Å². The van der Waals surface area contributed by atoms with Crippen molar-refractivity contribution in [2.45, 2.75) is 37.4 Å². The number of hydrogen-bond donors (Lipinski definition) is 0. The molecule has 1 amide bonds. The SMILES string of the molecule is COCCSc1ncc(-c2cccc(OC)c2)c([C@@H]2CCCN(C(=O)Cn3ccc(C)n3)C2)n1. The molecule has 180 valence electrons. The lowest BCUT2D eigenvalue weighted by molar-refractivity contribution is -0.133. The highest BCUT2D eigenvalue weighted by Crippen LogP contribution is 2.35. The Labute approximate surface area is 204 Å². The Bertz CT molecular complexity index is 1120.